The average molecular weight is 198 g/mol. The van der Waals surface area contributed by atoms with Crippen molar-refractivity contribution >= 4 is 8.32 Å². The van der Waals surface area contributed by atoms with E-state index in [9.17, 15) is 0 Å². The van der Waals surface area contributed by atoms with Crippen LogP contribution in [-0.4, -0.2) is 8.32 Å². The monoisotopic (exact) mass is 198 g/mol. The van der Waals surface area contributed by atoms with Crippen LogP contribution in [0.1, 0.15) is 26.7 Å². The summed E-state index contributed by atoms with van der Waals surface area (Å²) in [6.45, 7) is 11.3. The van der Waals surface area contributed by atoms with Gasteiger partial charge in [-0.1, -0.05) is 13.8 Å². The molecule has 0 aromatic heterocycles. The van der Waals surface area contributed by atoms with Gasteiger partial charge in [0.05, 0.1) is 5.76 Å². The third-order valence-electron chi connectivity index (χ3n) is 2.23. The lowest BCUT2D eigenvalue weighted by Gasteiger charge is -2.29. The van der Waals surface area contributed by atoms with Crippen LogP contribution in [0.2, 0.25) is 19.6 Å². The lowest BCUT2D eigenvalue weighted by molar-refractivity contribution is 0.318. The summed E-state index contributed by atoms with van der Waals surface area (Å²) < 4.78 is 6.02. The first-order chi connectivity index (χ1) is 5.87. The van der Waals surface area contributed by atoms with Gasteiger partial charge in [0.1, 0.15) is 0 Å². The Kier molecular flexibility index (Phi) is 3.22. The molecular formula is C11H22OSi. The Morgan fingerprint density at radius 2 is 1.92 bits per heavy atom. The number of hydrogen-bond acceptors (Lipinski definition) is 1. The fraction of sp³-hybridized carbons (Fsp3) is 0.818. The minimum Gasteiger partial charge on any atom is -0.548 e. The van der Waals surface area contributed by atoms with E-state index < -0.39 is 8.32 Å². The van der Waals surface area contributed by atoms with Gasteiger partial charge < -0.3 is 4.43 Å². The molecule has 13 heavy (non-hydrogen) atoms. The van der Waals surface area contributed by atoms with Crippen molar-refractivity contribution in [2.45, 2.75) is 46.3 Å². The lowest BCUT2D eigenvalue weighted by Crippen LogP contribution is -2.27. The summed E-state index contributed by atoms with van der Waals surface area (Å²) >= 11 is 0. The summed E-state index contributed by atoms with van der Waals surface area (Å²) in [5.74, 6) is 2.76. The summed E-state index contributed by atoms with van der Waals surface area (Å²) in [5.41, 5.74) is 0. The van der Waals surface area contributed by atoms with Crippen molar-refractivity contribution in [3.8, 4) is 0 Å². The van der Waals surface area contributed by atoms with E-state index in [1.165, 1.54) is 12.2 Å². The van der Waals surface area contributed by atoms with E-state index in [2.05, 4.69) is 39.6 Å². The molecule has 0 radical (unpaired) electrons. The molecule has 1 aliphatic carbocycles. The maximum atomic E-state index is 6.02. The molecule has 0 aliphatic heterocycles. The standard InChI is InChI=1S/C11H22OSi/c1-9-6-10(2)8-11(7-9)12-13(3,4)5/h7,9-10H,6,8H2,1-5H3/t9-,10+/m0/s1. The highest BCUT2D eigenvalue weighted by atomic mass is 28.4. The van der Waals surface area contributed by atoms with Crippen molar-refractivity contribution in [1.82, 2.24) is 0 Å². The Bertz CT molecular complexity index is 203. The van der Waals surface area contributed by atoms with Gasteiger partial charge in [-0.15, -0.1) is 0 Å². The number of hydrogen-bond donors (Lipinski definition) is 0. The van der Waals surface area contributed by atoms with Gasteiger partial charge in [-0.2, -0.15) is 0 Å². The van der Waals surface area contributed by atoms with Crippen LogP contribution in [0.25, 0.3) is 0 Å². The third-order valence-corrected chi connectivity index (χ3v) is 3.11. The summed E-state index contributed by atoms with van der Waals surface area (Å²) in [7, 11) is -1.37. The SMILES string of the molecule is C[C@H]1CC(O[Si](C)(C)C)=C[C@@H](C)C1. The molecular weight excluding hydrogens is 176 g/mol. The van der Waals surface area contributed by atoms with Gasteiger partial charge >= 0.3 is 0 Å². The second-order valence-corrected chi connectivity index (χ2v) is 9.80. The highest BCUT2D eigenvalue weighted by Crippen LogP contribution is 2.29. The predicted molar refractivity (Wildman–Crippen MR) is 60.1 cm³/mol. The molecule has 0 amide bonds. The lowest BCUT2D eigenvalue weighted by atomic mass is 9.88. The molecule has 0 unspecified atom stereocenters. The fourth-order valence-corrected chi connectivity index (χ4v) is 2.92. The van der Waals surface area contributed by atoms with Crippen molar-refractivity contribution in [3.05, 3.63) is 11.8 Å². The quantitative estimate of drug-likeness (QED) is 0.613. The third kappa shape index (κ3) is 3.99. The van der Waals surface area contributed by atoms with Crippen molar-refractivity contribution < 1.29 is 4.43 Å². The Labute approximate surface area is 83.3 Å². The molecule has 0 heterocycles. The molecule has 0 fully saturated rings. The van der Waals surface area contributed by atoms with E-state index in [4.69, 9.17) is 4.43 Å². The van der Waals surface area contributed by atoms with E-state index in [1.807, 2.05) is 0 Å². The Balaban J connectivity index is 2.59. The van der Waals surface area contributed by atoms with Crippen LogP contribution in [0.15, 0.2) is 11.8 Å². The maximum absolute atomic E-state index is 6.02. The van der Waals surface area contributed by atoms with Crippen molar-refractivity contribution in [2.24, 2.45) is 11.8 Å². The summed E-state index contributed by atoms with van der Waals surface area (Å²) in [6, 6.07) is 0. The van der Waals surface area contributed by atoms with Gasteiger partial charge in [-0.05, 0) is 44.0 Å². The van der Waals surface area contributed by atoms with Gasteiger partial charge in [-0.3, -0.25) is 0 Å². The number of allylic oxidation sites excluding steroid dienone is 2. The molecule has 0 aromatic carbocycles. The van der Waals surface area contributed by atoms with Gasteiger partial charge in [0.2, 0.25) is 8.32 Å². The minimum absolute atomic E-state index is 0.704. The zero-order chi connectivity index (χ0) is 10.1. The normalized spacial score (nSPS) is 29.8. The van der Waals surface area contributed by atoms with E-state index in [0.29, 0.717) is 5.92 Å². The largest absolute Gasteiger partial charge is 0.548 e. The molecule has 0 saturated heterocycles. The van der Waals surface area contributed by atoms with E-state index in [-0.39, 0.29) is 0 Å². The molecule has 1 nitrogen and oxygen atoms in total. The second kappa shape index (κ2) is 3.87. The molecule has 0 spiro atoms. The highest BCUT2D eigenvalue weighted by molar-refractivity contribution is 6.70. The smallest absolute Gasteiger partial charge is 0.241 e. The molecule has 0 saturated carbocycles. The molecule has 0 aromatic rings. The van der Waals surface area contributed by atoms with Crippen LogP contribution < -0.4 is 0 Å². The molecule has 0 N–H and O–H groups in total. The van der Waals surface area contributed by atoms with Crippen LogP contribution in [-0.2, 0) is 4.43 Å². The van der Waals surface area contributed by atoms with Crippen LogP contribution >= 0.6 is 0 Å². The Morgan fingerprint density at radius 1 is 1.31 bits per heavy atom. The predicted octanol–water partition coefficient (Wildman–Crippen LogP) is 3.79. The zero-order valence-electron chi connectivity index (χ0n) is 9.55. The summed E-state index contributed by atoms with van der Waals surface area (Å²) in [5, 5.41) is 0. The van der Waals surface area contributed by atoms with Crippen LogP contribution in [0.3, 0.4) is 0 Å². The molecule has 2 heteroatoms. The first-order valence-corrected chi connectivity index (χ1v) is 8.67. The molecule has 0 bridgehead atoms. The minimum atomic E-state index is -1.37. The van der Waals surface area contributed by atoms with E-state index >= 15 is 0 Å². The van der Waals surface area contributed by atoms with Crippen molar-refractivity contribution in [3.63, 3.8) is 0 Å². The topological polar surface area (TPSA) is 9.23 Å². The second-order valence-electron chi connectivity index (χ2n) is 5.37. The molecule has 1 rings (SSSR count). The summed E-state index contributed by atoms with van der Waals surface area (Å²) in [4.78, 5) is 0. The van der Waals surface area contributed by atoms with E-state index in [1.54, 1.807) is 0 Å². The Hall–Kier alpha value is -0.243. The molecule has 1 aliphatic rings. The molecule has 2 atom stereocenters. The van der Waals surface area contributed by atoms with Crippen molar-refractivity contribution in [1.29, 1.82) is 0 Å². The number of rotatable bonds is 2. The van der Waals surface area contributed by atoms with Gasteiger partial charge in [-0.25, -0.2) is 0 Å². The van der Waals surface area contributed by atoms with Crippen LogP contribution in [0.5, 0.6) is 0 Å². The first kappa shape index (κ1) is 10.8. The highest BCUT2D eigenvalue weighted by Gasteiger charge is 2.22. The average Bonchev–Trinajstić information content (AvgIpc) is 1.78. The van der Waals surface area contributed by atoms with Gasteiger partial charge in [0.25, 0.3) is 0 Å². The summed E-state index contributed by atoms with van der Waals surface area (Å²) in [6.07, 6.45) is 4.78. The van der Waals surface area contributed by atoms with E-state index in [0.717, 1.165) is 12.3 Å². The van der Waals surface area contributed by atoms with Gasteiger partial charge in [0.15, 0.2) is 0 Å². The van der Waals surface area contributed by atoms with Crippen molar-refractivity contribution in [2.75, 3.05) is 0 Å². The molecule has 76 valence electrons. The first-order valence-electron chi connectivity index (χ1n) is 5.26. The maximum Gasteiger partial charge on any atom is 0.241 e. The van der Waals surface area contributed by atoms with Crippen LogP contribution in [0, 0.1) is 11.8 Å². The zero-order valence-corrected chi connectivity index (χ0v) is 10.6. The van der Waals surface area contributed by atoms with Gasteiger partial charge in [0, 0.05) is 6.42 Å². The fourth-order valence-electron chi connectivity index (χ4n) is 1.98. The van der Waals surface area contributed by atoms with Crippen LogP contribution in [0.4, 0.5) is 0 Å². The Morgan fingerprint density at radius 3 is 2.38 bits per heavy atom.